The van der Waals surface area contributed by atoms with Gasteiger partial charge in [-0.3, -0.25) is 14.4 Å². The molecule has 6 nitrogen and oxygen atoms in total. The van der Waals surface area contributed by atoms with Crippen molar-refractivity contribution in [2.24, 2.45) is 7.05 Å². The highest BCUT2D eigenvalue weighted by Crippen LogP contribution is 2.29. The van der Waals surface area contributed by atoms with Crippen molar-refractivity contribution in [1.29, 1.82) is 0 Å². The van der Waals surface area contributed by atoms with Gasteiger partial charge in [0.15, 0.2) is 5.65 Å². The number of nitrogens with zero attached hydrogens (tertiary/aromatic N) is 4. The van der Waals surface area contributed by atoms with Crippen LogP contribution in [0.5, 0.6) is 0 Å². The number of H-pyrrole nitrogens is 1. The Balaban J connectivity index is 1.63. The van der Waals surface area contributed by atoms with Crippen LogP contribution in [-0.4, -0.2) is 30.7 Å². The summed E-state index contributed by atoms with van der Waals surface area (Å²) in [5, 5.41) is 4.55. The molecule has 0 saturated heterocycles. The molecule has 1 aliphatic carbocycles. The van der Waals surface area contributed by atoms with Crippen LogP contribution in [0.4, 0.5) is 4.39 Å². The van der Waals surface area contributed by atoms with Gasteiger partial charge in [0.1, 0.15) is 17.0 Å². The Bertz CT molecular complexity index is 944. The molecular formula is C17H18FN5O. The topological polar surface area (TPSA) is 66.8 Å². The lowest BCUT2D eigenvalue weighted by atomic mass is 10.2. The van der Waals surface area contributed by atoms with E-state index >= 15 is 0 Å². The van der Waals surface area contributed by atoms with Crippen molar-refractivity contribution in [2.45, 2.75) is 32.0 Å². The zero-order valence-electron chi connectivity index (χ0n) is 13.4. The molecule has 2 heterocycles. The van der Waals surface area contributed by atoms with Crippen LogP contribution in [0.1, 0.15) is 24.2 Å². The Kier molecular flexibility index (Phi) is 3.65. The van der Waals surface area contributed by atoms with Gasteiger partial charge in [-0.25, -0.2) is 9.37 Å². The molecule has 0 radical (unpaired) electrons. The molecule has 124 valence electrons. The van der Waals surface area contributed by atoms with E-state index in [1.165, 1.54) is 12.3 Å². The van der Waals surface area contributed by atoms with Gasteiger partial charge >= 0.3 is 0 Å². The average molecular weight is 327 g/mol. The highest BCUT2D eigenvalue weighted by Gasteiger charge is 2.30. The number of aromatic nitrogens is 4. The molecule has 2 aromatic heterocycles. The molecule has 0 atom stereocenters. The smallest absolute Gasteiger partial charge is 0.262 e. The van der Waals surface area contributed by atoms with E-state index in [9.17, 15) is 9.18 Å². The molecule has 1 N–H and O–H groups in total. The number of aromatic amines is 1. The van der Waals surface area contributed by atoms with Crippen LogP contribution in [0, 0.1) is 5.82 Å². The van der Waals surface area contributed by atoms with Gasteiger partial charge in [-0.1, -0.05) is 18.2 Å². The Morgan fingerprint density at radius 3 is 2.88 bits per heavy atom. The molecule has 0 spiro atoms. The van der Waals surface area contributed by atoms with Gasteiger partial charge < -0.3 is 4.98 Å². The first-order chi connectivity index (χ1) is 11.6. The Labute approximate surface area is 137 Å². The van der Waals surface area contributed by atoms with Crippen LogP contribution in [0.25, 0.3) is 11.0 Å². The first-order valence-corrected chi connectivity index (χ1v) is 8.00. The van der Waals surface area contributed by atoms with Crippen LogP contribution in [0.15, 0.2) is 35.3 Å². The summed E-state index contributed by atoms with van der Waals surface area (Å²) in [6, 6.07) is 7.21. The fraction of sp³-hybridized carbons (Fsp3) is 0.353. The molecule has 1 aromatic carbocycles. The number of benzene rings is 1. The summed E-state index contributed by atoms with van der Waals surface area (Å²) in [7, 11) is 1.76. The fourth-order valence-electron chi connectivity index (χ4n) is 2.94. The van der Waals surface area contributed by atoms with Crippen LogP contribution >= 0.6 is 0 Å². The summed E-state index contributed by atoms with van der Waals surface area (Å²) < 4.78 is 15.5. The lowest BCUT2D eigenvalue weighted by Crippen LogP contribution is -2.28. The number of rotatable bonds is 5. The quantitative estimate of drug-likeness (QED) is 0.778. The lowest BCUT2D eigenvalue weighted by Gasteiger charge is -2.21. The number of halogens is 1. The van der Waals surface area contributed by atoms with Crippen molar-refractivity contribution in [2.75, 3.05) is 0 Å². The molecule has 1 aliphatic rings. The average Bonchev–Trinajstić information content (AvgIpc) is 3.34. The highest BCUT2D eigenvalue weighted by atomic mass is 19.1. The third kappa shape index (κ3) is 2.82. The maximum Gasteiger partial charge on any atom is 0.262 e. The summed E-state index contributed by atoms with van der Waals surface area (Å²) in [4.78, 5) is 21.7. The maximum absolute atomic E-state index is 13.9. The monoisotopic (exact) mass is 327 g/mol. The molecule has 0 unspecified atom stereocenters. The Morgan fingerprint density at radius 2 is 2.12 bits per heavy atom. The van der Waals surface area contributed by atoms with Crippen LogP contribution in [0.3, 0.4) is 0 Å². The predicted octanol–water partition coefficient (Wildman–Crippen LogP) is 1.96. The zero-order valence-corrected chi connectivity index (χ0v) is 13.4. The van der Waals surface area contributed by atoms with Crippen LogP contribution in [0.2, 0.25) is 0 Å². The van der Waals surface area contributed by atoms with E-state index < -0.39 is 0 Å². The second-order valence-electron chi connectivity index (χ2n) is 6.25. The van der Waals surface area contributed by atoms with Gasteiger partial charge in [-0.05, 0) is 18.9 Å². The molecule has 1 fully saturated rings. The lowest BCUT2D eigenvalue weighted by molar-refractivity contribution is 0.236. The van der Waals surface area contributed by atoms with Gasteiger partial charge in [-0.15, -0.1) is 0 Å². The third-order valence-corrected chi connectivity index (χ3v) is 4.40. The van der Waals surface area contributed by atoms with Crippen LogP contribution < -0.4 is 5.56 Å². The van der Waals surface area contributed by atoms with Crippen LogP contribution in [-0.2, 0) is 20.1 Å². The molecule has 0 amide bonds. The summed E-state index contributed by atoms with van der Waals surface area (Å²) in [6.45, 7) is 0.986. The third-order valence-electron chi connectivity index (χ3n) is 4.40. The van der Waals surface area contributed by atoms with Gasteiger partial charge in [0.05, 0.1) is 12.7 Å². The van der Waals surface area contributed by atoms with E-state index in [0.29, 0.717) is 41.6 Å². The molecule has 0 bridgehead atoms. The first-order valence-electron chi connectivity index (χ1n) is 8.00. The molecule has 0 aliphatic heterocycles. The Hall–Kier alpha value is -2.54. The van der Waals surface area contributed by atoms with Crippen molar-refractivity contribution in [3.63, 3.8) is 0 Å². The van der Waals surface area contributed by atoms with Crippen molar-refractivity contribution in [3.05, 3.63) is 58.0 Å². The van der Waals surface area contributed by atoms with E-state index in [2.05, 4.69) is 20.0 Å². The standard InChI is InChI=1S/C17H18FN5O/c1-22-16-13(8-19-22)17(24)21-15(20-16)10-23(12-6-7-12)9-11-4-2-3-5-14(11)18/h2-5,8,12H,6-7,9-10H2,1H3,(H,20,21,24). The van der Waals surface area contributed by atoms with E-state index in [0.717, 1.165) is 12.8 Å². The largest absolute Gasteiger partial charge is 0.309 e. The Morgan fingerprint density at radius 1 is 1.33 bits per heavy atom. The minimum absolute atomic E-state index is 0.190. The minimum atomic E-state index is -0.202. The van der Waals surface area contributed by atoms with Gasteiger partial charge in [0.25, 0.3) is 5.56 Å². The number of hydrogen-bond acceptors (Lipinski definition) is 4. The minimum Gasteiger partial charge on any atom is -0.309 e. The summed E-state index contributed by atoms with van der Waals surface area (Å²) >= 11 is 0. The zero-order chi connectivity index (χ0) is 16.7. The highest BCUT2D eigenvalue weighted by molar-refractivity contribution is 5.72. The molecule has 4 rings (SSSR count). The molecule has 1 saturated carbocycles. The predicted molar refractivity (Wildman–Crippen MR) is 87.8 cm³/mol. The molecule has 24 heavy (non-hydrogen) atoms. The van der Waals surface area contributed by atoms with E-state index in [4.69, 9.17) is 0 Å². The van der Waals surface area contributed by atoms with Gasteiger partial charge in [0, 0.05) is 25.2 Å². The fourth-order valence-corrected chi connectivity index (χ4v) is 2.94. The second kappa shape index (κ2) is 5.83. The second-order valence-corrected chi connectivity index (χ2v) is 6.25. The van der Waals surface area contributed by atoms with Crippen molar-refractivity contribution >= 4 is 11.0 Å². The summed E-state index contributed by atoms with van der Waals surface area (Å²) in [5.41, 5.74) is 1.04. The normalized spacial score (nSPS) is 14.6. The summed E-state index contributed by atoms with van der Waals surface area (Å²) in [6.07, 6.45) is 3.70. The SMILES string of the molecule is Cn1ncc2c(=O)[nH]c(CN(Cc3ccccc3F)C3CC3)nc21. The number of aryl methyl sites for hydroxylation is 1. The maximum atomic E-state index is 13.9. The van der Waals surface area contributed by atoms with Gasteiger partial charge in [-0.2, -0.15) is 5.10 Å². The number of nitrogens with one attached hydrogen (secondary N) is 1. The molecule has 3 aromatic rings. The summed E-state index contributed by atoms with van der Waals surface area (Å²) in [5.74, 6) is 0.381. The van der Waals surface area contributed by atoms with Crippen molar-refractivity contribution in [3.8, 4) is 0 Å². The van der Waals surface area contributed by atoms with E-state index in [1.54, 1.807) is 23.9 Å². The van der Waals surface area contributed by atoms with E-state index in [-0.39, 0.29) is 11.4 Å². The number of hydrogen-bond donors (Lipinski definition) is 1. The molecule has 7 heteroatoms. The molecular weight excluding hydrogens is 309 g/mol. The van der Waals surface area contributed by atoms with Crippen molar-refractivity contribution in [1.82, 2.24) is 24.6 Å². The van der Waals surface area contributed by atoms with Gasteiger partial charge in [0.2, 0.25) is 0 Å². The first kappa shape index (κ1) is 15.0. The van der Waals surface area contributed by atoms with E-state index in [1.807, 2.05) is 6.07 Å². The van der Waals surface area contributed by atoms with Crippen molar-refractivity contribution < 1.29 is 4.39 Å². The number of fused-ring (bicyclic) bond motifs is 1.